The summed E-state index contributed by atoms with van der Waals surface area (Å²) in [5.74, 6) is -0.758. The number of hydrogen-bond acceptors (Lipinski definition) is 3. The van der Waals surface area contributed by atoms with Crippen molar-refractivity contribution in [2.24, 2.45) is 5.73 Å². The van der Waals surface area contributed by atoms with Gasteiger partial charge in [0, 0.05) is 16.8 Å². The van der Waals surface area contributed by atoms with Crippen molar-refractivity contribution < 1.29 is 14.7 Å². The first-order chi connectivity index (χ1) is 10.6. The van der Waals surface area contributed by atoms with Crippen LogP contribution in [0.3, 0.4) is 0 Å². The van der Waals surface area contributed by atoms with Gasteiger partial charge in [-0.05, 0) is 41.8 Å². The summed E-state index contributed by atoms with van der Waals surface area (Å²) in [6.45, 7) is 0. The minimum Gasteiger partial charge on any atom is -0.515 e. The molecule has 5 nitrogen and oxygen atoms in total. The van der Waals surface area contributed by atoms with Crippen LogP contribution in [0, 0.1) is 0 Å². The second-order valence-corrected chi connectivity index (χ2v) is 5.11. The monoisotopic (exact) mass is 294 g/mol. The number of nitrogens with two attached hydrogens (primary N) is 1. The zero-order valence-electron chi connectivity index (χ0n) is 11.7. The van der Waals surface area contributed by atoms with E-state index in [1.165, 1.54) is 0 Å². The zero-order chi connectivity index (χ0) is 15.7. The summed E-state index contributed by atoms with van der Waals surface area (Å²) < 4.78 is 0. The number of carbonyl (C=O) groups excluding carboxylic acids is 2. The minimum absolute atomic E-state index is 0.265. The Kier molecular flexibility index (Phi) is 3.39. The normalized spacial score (nSPS) is 14.7. The highest BCUT2D eigenvalue weighted by Crippen LogP contribution is 2.32. The standard InChI is InChI=1S/C17H14N2O3/c18-16(21)12-4-1-10(2-5-12)7-11-3-6-15-13(8-11)14(9-20)17(22)19-15/h1-6,8-9,20H,7H2,(H2,18,21)(H,19,22). The van der Waals surface area contributed by atoms with Crippen LogP contribution >= 0.6 is 0 Å². The molecule has 0 saturated heterocycles. The second-order valence-electron chi connectivity index (χ2n) is 5.11. The second kappa shape index (κ2) is 5.37. The van der Waals surface area contributed by atoms with E-state index >= 15 is 0 Å². The average Bonchev–Trinajstić information content (AvgIpc) is 2.82. The lowest BCUT2D eigenvalue weighted by Crippen LogP contribution is -2.10. The average molecular weight is 294 g/mol. The summed E-state index contributed by atoms with van der Waals surface area (Å²) in [6.07, 6.45) is 1.48. The quantitative estimate of drug-likeness (QED) is 0.598. The van der Waals surface area contributed by atoms with E-state index in [0.717, 1.165) is 17.4 Å². The summed E-state index contributed by atoms with van der Waals surface area (Å²) in [4.78, 5) is 22.7. The molecule has 4 N–H and O–H groups in total. The van der Waals surface area contributed by atoms with Gasteiger partial charge in [-0.25, -0.2) is 0 Å². The third kappa shape index (κ3) is 2.44. The van der Waals surface area contributed by atoms with Crippen LogP contribution in [-0.4, -0.2) is 16.9 Å². The van der Waals surface area contributed by atoms with Crippen molar-refractivity contribution in [1.82, 2.24) is 0 Å². The van der Waals surface area contributed by atoms with Crippen molar-refractivity contribution in [2.75, 3.05) is 5.32 Å². The number of benzene rings is 2. The largest absolute Gasteiger partial charge is 0.515 e. The molecule has 3 rings (SSSR count). The fraction of sp³-hybridized carbons (Fsp3) is 0.0588. The summed E-state index contributed by atoms with van der Waals surface area (Å²) in [6, 6.07) is 12.7. The lowest BCUT2D eigenvalue weighted by molar-refractivity contribution is -0.110. The van der Waals surface area contributed by atoms with Crippen LogP contribution in [0.15, 0.2) is 48.7 Å². The molecule has 0 unspecified atom stereocenters. The molecule has 2 amide bonds. The van der Waals surface area contributed by atoms with E-state index in [1.807, 2.05) is 30.3 Å². The van der Waals surface area contributed by atoms with Crippen molar-refractivity contribution in [3.63, 3.8) is 0 Å². The van der Waals surface area contributed by atoms with Gasteiger partial charge in [0.2, 0.25) is 5.91 Å². The van der Waals surface area contributed by atoms with Gasteiger partial charge in [0.15, 0.2) is 0 Å². The fourth-order valence-electron chi connectivity index (χ4n) is 2.50. The van der Waals surface area contributed by atoms with E-state index in [9.17, 15) is 14.7 Å². The first kappa shape index (κ1) is 13.9. The van der Waals surface area contributed by atoms with Crippen LogP contribution in [-0.2, 0) is 11.2 Å². The van der Waals surface area contributed by atoms with Crippen molar-refractivity contribution >= 4 is 23.1 Å². The van der Waals surface area contributed by atoms with E-state index in [1.54, 1.807) is 12.1 Å². The molecule has 0 aliphatic carbocycles. The number of nitrogens with one attached hydrogen (secondary N) is 1. The molecule has 22 heavy (non-hydrogen) atoms. The van der Waals surface area contributed by atoms with Gasteiger partial charge in [-0.15, -0.1) is 0 Å². The van der Waals surface area contributed by atoms with E-state index in [2.05, 4.69) is 5.32 Å². The molecular formula is C17H14N2O3. The number of primary amides is 1. The van der Waals surface area contributed by atoms with Crippen LogP contribution in [0.4, 0.5) is 5.69 Å². The molecule has 1 heterocycles. The number of aliphatic hydroxyl groups is 1. The van der Waals surface area contributed by atoms with Gasteiger partial charge in [-0.3, -0.25) is 9.59 Å². The number of carbonyl (C=O) groups is 2. The van der Waals surface area contributed by atoms with E-state index in [-0.39, 0.29) is 11.5 Å². The Hall–Kier alpha value is -3.08. The van der Waals surface area contributed by atoms with Gasteiger partial charge < -0.3 is 16.2 Å². The van der Waals surface area contributed by atoms with E-state index in [0.29, 0.717) is 23.2 Å². The van der Waals surface area contributed by atoms with Gasteiger partial charge in [-0.2, -0.15) is 0 Å². The summed E-state index contributed by atoms with van der Waals surface area (Å²) in [5.41, 5.74) is 9.36. The van der Waals surface area contributed by atoms with Crippen molar-refractivity contribution in [3.8, 4) is 0 Å². The maximum absolute atomic E-state index is 11.7. The SMILES string of the molecule is NC(=O)c1ccc(Cc2ccc3c(c2)C(=CO)C(=O)N3)cc1. The number of hydrogen-bond donors (Lipinski definition) is 3. The summed E-state index contributed by atoms with van der Waals surface area (Å²) >= 11 is 0. The van der Waals surface area contributed by atoms with Gasteiger partial charge in [0.05, 0.1) is 11.8 Å². The Bertz CT molecular complexity index is 792. The molecule has 5 heteroatoms. The predicted molar refractivity (Wildman–Crippen MR) is 83.4 cm³/mol. The lowest BCUT2D eigenvalue weighted by Gasteiger charge is -2.05. The molecule has 2 aromatic rings. The van der Waals surface area contributed by atoms with Crippen molar-refractivity contribution in [3.05, 3.63) is 71.0 Å². The molecule has 0 radical (unpaired) electrons. The number of rotatable bonds is 3. The molecule has 0 atom stereocenters. The smallest absolute Gasteiger partial charge is 0.259 e. The third-order valence-corrected chi connectivity index (χ3v) is 3.64. The molecule has 0 bridgehead atoms. The number of fused-ring (bicyclic) bond motifs is 1. The Labute approximate surface area is 127 Å². The van der Waals surface area contributed by atoms with Gasteiger partial charge in [0.25, 0.3) is 5.91 Å². The Morgan fingerprint density at radius 2 is 1.82 bits per heavy atom. The summed E-state index contributed by atoms with van der Waals surface area (Å²) in [5, 5.41) is 11.9. The molecule has 0 spiro atoms. The highest BCUT2D eigenvalue weighted by atomic mass is 16.2. The molecular weight excluding hydrogens is 280 g/mol. The van der Waals surface area contributed by atoms with Crippen LogP contribution < -0.4 is 11.1 Å². The molecule has 110 valence electrons. The van der Waals surface area contributed by atoms with E-state index in [4.69, 9.17) is 5.73 Å². The first-order valence-electron chi connectivity index (χ1n) is 6.76. The number of amides is 2. The van der Waals surface area contributed by atoms with Crippen LogP contribution in [0.2, 0.25) is 0 Å². The third-order valence-electron chi connectivity index (χ3n) is 3.64. The summed E-state index contributed by atoms with van der Waals surface area (Å²) in [7, 11) is 0. The molecule has 0 saturated carbocycles. The van der Waals surface area contributed by atoms with E-state index < -0.39 is 5.91 Å². The number of anilines is 1. The van der Waals surface area contributed by atoms with Crippen LogP contribution in [0.5, 0.6) is 0 Å². The van der Waals surface area contributed by atoms with Gasteiger partial charge in [-0.1, -0.05) is 18.2 Å². The molecule has 2 aromatic carbocycles. The van der Waals surface area contributed by atoms with Crippen molar-refractivity contribution in [2.45, 2.75) is 6.42 Å². The molecule has 1 aliphatic heterocycles. The van der Waals surface area contributed by atoms with Crippen LogP contribution in [0.1, 0.15) is 27.0 Å². The Morgan fingerprint density at radius 3 is 2.45 bits per heavy atom. The van der Waals surface area contributed by atoms with Crippen LogP contribution in [0.25, 0.3) is 5.57 Å². The lowest BCUT2D eigenvalue weighted by atomic mass is 9.99. The number of aliphatic hydroxyl groups excluding tert-OH is 1. The Morgan fingerprint density at radius 1 is 1.14 bits per heavy atom. The highest BCUT2D eigenvalue weighted by Gasteiger charge is 2.24. The minimum atomic E-state index is -0.452. The first-order valence-corrected chi connectivity index (χ1v) is 6.76. The maximum atomic E-state index is 11.7. The van der Waals surface area contributed by atoms with Crippen molar-refractivity contribution in [1.29, 1.82) is 0 Å². The molecule has 0 aromatic heterocycles. The predicted octanol–water partition coefficient (Wildman–Crippen LogP) is 2.23. The molecule has 0 fully saturated rings. The zero-order valence-corrected chi connectivity index (χ0v) is 11.7. The fourth-order valence-corrected chi connectivity index (χ4v) is 2.50. The van der Waals surface area contributed by atoms with Gasteiger partial charge >= 0.3 is 0 Å². The maximum Gasteiger partial charge on any atom is 0.259 e. The molecule has 1 aliphatic rings. The Balaban J connectivity index is 1.87. The topological polar surface area (TPSA) is 92.4 Å². The highest BCUT2D eigenvalue weighted by molar-refractivity contribution is 6.31. The van der Waals surface area contributed by atoms with Gasteiger partial charge in [0.1, 0.15) is 0 Å².